The van der Waals surface area contributed by atoms with Crippen molar-refractivity contribution in [3.8, 4) is 0 Å². The van der Waals surface area contributed by atoms with Crippen LogP contribution in [0.25, 0.3) is 0 Å². The zero-order chi connectivity index (χ0) is 15.5. The van der Waals surface area contributed by atoms with Gasteiger partial charge in [-0.15, -0.1) is 0 Å². The second-order valence-electron chi connectivity index (χ2n) is 6.92. The van der Waals surface area contributed by atoms with Crippen LogP contribution in [0.4, 0.5) is 5.13 Å². The lowest BCUT2D eigenvalue weighted by Crippen LogP contribution is -2.41. The van der Waals surface area contributed by atoms with E-state index in [0.29, 0.717) is 24.3 Å². The number of amides is 1. The molecular formula is C16H26N4OS. The van der Waals surface area contributed by atoms with E-state index in [2.05, 4.69) is 33.4 Å². The Labute approximate surface area is 136 Å². The van der Waals surface area contributed by atoms with Crippen molar-refractivity contribution in [2.75, 3.05) is 18.0 Å². The molecule has 3 rings (SSSR count). The fourth-order valence-corrected chi connectivity index (χ4v) is 3.88. The van der Waals surface area contributed by atoms with E-state index in [-0.39, 0.29) is 5.91 Å². The topological polar surface area (TPSA) is 58.1 Å². The lowest BCUT2D eigenvalue weighted by molar-refractivity contribution is -0.123. The molecule has 1 aliphatic heterocycles. The zero-order valence-corrected chi connectivity index (χ0v) is 14.4. The van der Waals surface area contributed by atoms with Crippen molar-refractivity contribution in [1.29, 1.82) is 0 Å². The first-order chi connectivity index (χ1) is 10.6. The van der Waals surface area contributed by atoms with Crippen molar-refractivity contribution in [3.63, 3.8) is 0 Å². The zero-order valence-electron chi connectivity index (χ0n) is 13.5. The molecule has 0 aromatic carbocycles. The number of carbonyl (C=O) groups excluding carboxylic acids is 1. The Bertz CT molecular complexity index is 504. The van der Waals surface area contributed by atoms with Gasteiger partial charge >= 0.3 is 0 Å². The Morgan fingerprint density at radius 3 is 2.59 bits per heavy atom. The molecule has 2 heterocycles. The Hall–Kier alpha value is -1.17. The van der Waals surface area contributed by atoms with Gasteiger partial charge in [0.25, 0.3) is 0 Å². The highest BCUT2D eigenvalue weighted by atomic mass is 32.1. The summed E-state index contributed by atoms with van der Waals surface area (Å²) in [4.78, 5) is 19.0. The lowest BCUT2D eigenvalue weighted by atomic mass is 9.91. The quantitative estimate of drug-likeness (QED) is 0.905. The molecule has 0 radical (unpaired) electrons. The highest BCUT2D eigenvalue weighted by Crippen LogP contribution is 2.28. The standard InChI is InChI=1S/C16H26N4OS/c1-11(2)15-18-16(22-19-15)20-8-6-12(7-9-20)10-14(21)17-13-4-3-5-13/h11-13H,3-10H2,1-2H3,(H,17,21). The van der Waals surface area contributed by atoms with Gasteiger partial charge in [-0.2, -0.15) is 4.37 Å². The van der Waals surface area contributed by atoms with Crippen molar-refractivity contribution < 1.29 is 4.79 Å². The molecule has 1 aliphatic carbocycles. The highest BCUT2D eigenvalue weighted by Gasteiger charge is 2.25. The molecule has 0 bridgehead atoms. The van der Waals surface area contributed by atoms with Gasteiger partial charge in [0, 0.05) is 43.0 Å². The van der Waals surface area contributed by atoms with Crippen molar-refractivity contribution in [2.24, 2.45) is 5.92 Å². The Morgan fingerprint density at radius 2 is 2.05 bits per heavy atom. The summed E-state index contributed by atoms with van der Waals surface area (Å²) >= 11 is 1.50. The first kappa shape index (κ1) is 15.7. The maximum absolute atomic E-state index is 12.0. The van der Waals surface area contributed by atoms with Gasteiger partial charge in [-0.25, -0.2) is 4.98 Å². The molecule has 1 aromatic heterocycles. The number of piperidine rings is 1. The van der Waals surface area contributed by atoms with Crippen molar-refractivity contribution in [3.05, 3.63) is 5.82 Å². The van der Waals surface area contributed by atoms with Crippen molar-refractivity contribution in [2.45, 2.75) is 64.3 Å². The van der Waals surface area contributed by atoms with Crippen LogP contribution in [-0.2, 0) is 4.79 Å². The van der Waals surface area contributed by atoms with Gasteiger partial charge in [0.2, 0.25) is 11.0 Å². The van der Waals surface area contributed by atoms with Gasteiger partial charge in [-0.05, 0) is 38.0 Å². The molecule has 0 unspecified atom stereocenters. The number of carbonyl (C=O) groups is 1. The van der Waals surface area contributed by atoms with E-state index < -0.39 is 0 Å². The van der Waals surface area contributed by atoms with E-state index in [1.54, 1.807) is 0 Å². The summed E-state index contributed by atoms with van der Waals surface area (Å²) in [6.07, 6.45) is 6.45. The van der Waals surface area contributed by atoms with E-state index in [9.17, 15) is 4.79 Å². The minimum absolute atomic E-state index is 0.251. The SMILES string of the molecule is CC(C)c1nsc(N2CCC(CC(=O)NC3CCC3)CC2)n1. The third-order valence-electron chi connectivity index (χ3n) is 4.78. The largest absolute Gasteiger partial charge is 0.353 e. The molecule has 1 saturated carbocycles. The average Bonchev–Trinajstić information content (AvgIpc) is 2.94. The van der Waals surface area contributed by atoms with E-state index in [0.717, 1.165) is 36.9 Å². The Balaban J connectivity index is 1.44. The predicted octanol–water partition coefficient (Wildman–Crippen LogP) is 2.94. The Kier molecular flexibility index (Phi) is 4.96. The number of nitrogens with one attached hydrogen (secondary N) is 1. The summed E-state index contributed by atoms with van der Waals surface area (Å²) in [5, 5.41) is 4.19. The van der Waals surface area contributed by atoms with Gasteiger partial charge in [-0.3, -0.25) is 4.79 Å². The van der Waals surface area contributed by atoms with Crippen molar-refractivity contribution in [1.82, 2.24) is 14.7 Å². The van der Waals surface area contributed by atoms with Gasteiger partial charge < -0.3 is 10.2 Å². The summed E-state index contributed by atoms with van der Waals surface area (Å²) in [5.41, 5.74) is 0. The fraction of sp³-hybridized carbons (Fsp3) is 0.812. The molecule has 0 atom stereocenters. The van der Waals surface area contributed by atoms with Gasteiger partial charge in [0.1, 0.15) is 5.82 Å². The van der Waals surface area contributed by atoms with Gasteiger partial charge in [0.05, 0.1) is 0 Å². The molecule has 2 fully saturated rings. The summed E-state index contributed by atoms with van der Waals surface area (Å²) in [5.74, 6) is 2.11. The van der Waals surface area contributed by atoms with Crippen molar-refractivity contribution >= 4 is 22.6 Å². The number of aromatic nitrogens is 2. The van der Waals surface area contributed by atoms with E-state index >= 15 is 0 Å². The molecule has 0 spiro atoms. The summed E-state index contributed by atoms with van der Waals surface area (Å²) < 4.78 is 4.43. The van der Waals surface area contributed by atoms with Crippen LogP contribution in [-0.4, -0.2) is 34.4 Å². The van der Waals surface area contributed by atoms with Gasteiger partial charge in [0.15, 0.2) is 0 Å². The normalized spacial score (nSPS) is 20.2. The molecule has 122 valence electrons. The third kappa shape index (κ3) is 3.77. The molecule has 6 heteroatoms. The second kappa shape index (κ2) is 6.94. The maximum atomic E-state index is 12.0. The number of hydrogen-bond acceptors (Lipinski definition) is 5. The molecule has 1 N–H and O–H groups in total. The number of anilines is 1. The van der Waals surface area contributed by atoms with Crippen LogP contribution in [0.2, 0.25) is 0 Å². The summed E-state index contributed by atoms with van der Waals surface area (Å²) in [7, 11) is 0. The molecule has 5 nitrogen and oxygen atoms in total. The smallest absolute Gasteiger partial charge is 0.220 e. The van der Waals surface area contributed by atoms with Crippen LogP contribution in [0.5, 0.6) is 0 Å². The molecule has 1 aromatic rings. The van der Waals surface area contributed by atoms with Crippen LogP contribution in [0.3, 0.4) is 0 Å². The van der Waals surface area contributed by atoms with E-state index in [1.165, 1.54) is 30.8 Å². The van der Waals surface area contributed by atoms with Gasteiger partial charge in [-0.1, -0.05) is 13.8 Å². The predicted molar refractivity (Wildman–Crippen MR) is 89.3 cm³/mol. The maximum Gasteiger partial charge on any atom is 0.220 e. The van der Waals surface area contributed by atoms with Crippen LogP contribution in [0.1, 0.15) is 64.1 Å². The van der Waals surface area contributed by atoms with E-state index in [4.69, 9.17) is 0 Å². The first-order valence-corrected chi connectivity index (χ1v) is 9.27. The molecule has 1 saturated heterocycles. The molecule has 1 amide bonds. The van der Waals surface area contributed by atoms with Crippen LogP contribution in [0.15, 0.2) is 0 Å². The van der Waals surface area contributed by atoms with Crippen LogP contribution >= 0.6 is 11.5 Å². The number of nitrogens with zero attached hydrogens (tertiary/aromatic N) is 3. The fourth-order valence-electron chi connectivity index (χ4n) is 3.02. The molecule has 2 aliphatic rings. The number of hydrogen-bond donors (Lipinski definition) is 1. The summed E-state index contributed by atoms with van der Waals surface area (Å²) in [6, 6.07) is 0.462. The minimum atomic E-state index is 0.251. The highest BCUT2D eigenvalue weighted by molar-refractivity contribution is 7.09. The molecular weight excluding hydrogens is 296 g/mol. The van der Waals surface area contributed by atoms with Crippen LogP contribution < -0.4 is 10.2 Å². The Morgan fingerprint density at radius 1 is 1.32 bits per heavy atom. The minimum Gasteiger partial charge on any atom is -0.353 e. The second-order valence-corrected chi connectivity index (χ2v) is 7.65. The number of rotatable bonds is 5. The molecule has 22 heavy (non-hydrogen) atoms. The van der Waals surface area contributed by atoms with Crippen LogP contribution in [0, 0.1) is 5.92 Å². The summed E-state index contributed by atoms with van der Waals surface area (Å²) in [6.45, 7) is 6.24. The lowest BCUT2D eigenvalue weighted by Gasteiger charge is -2.32. The first-order valence-electron chi connectivity index (χ1n) is 8.49. The third-order valence-corrected chi connectivity index (χ3v) is 5.57. The monoisotopic (exact) mass is 322 g/mol. The van der Waals surface area contributed by atoms with E-state index in [1.807, 2.05) is 0 Å². The average molecular weight is 322 g/mol.